The lowest BCUT2D eigenvalue weighted by Gasteiger charge is -2.23. The molecule has 0 radical (unpaired) electrons. The molecule has 0 aromatic carbocycles. The molecule has 0 unspecified atom stereocenters. The first-order valence-corrected chi connectivity index (χ1v) is 6.70. The first-order chi connectivity index (χ1) is 9.47. The smallest absolute Gasteiger partial charge is 0.274 e. The Morgan fingerprint density at radius 3 is 2.80 bits per heavy atom. The van der Waals surface area contributed by atoms with Gasteiger partial charge in [-0.3, -0.25) is 0 Å². The van der Waals surface area contributed by atoms with E-state index >= 15 is 0 Å². The van der Waals surface area contributed by atoms with E-state index < -0.39 is 5.03 Å². The predicted molar refractivity (Wildman–Crippen MR) is 75.9 cm³/mol. The molecule has 2 rings (SSSR count). The highest BCUT2D eigenvalue weighted by Gasteiger charge is 2.31. The molecular formula is C12H16ClN5O2. The third kappa shape index (κ3) is 3.36. The number of aromatic nitrogens is 1. The third-order valence-corrected chi connectivity index (χ3v) is 3.33. The molecule has 1 saturated heterocycles. The second-order valence-electron chi connectivity index (χ2n) is 4.84. The molecule has 1 aliphatic rings. The van der Waals surface area contributed by atoms with Crippen LogP contribution in [0.4, 0.5) is 0 Å². The van der Waals surface area contributed by atoms with Crippen molar-refractivity contribution in [2.45, 2.75) is 26.4 Å². The van der Waals surface area contributed by atoms with Crippen molar-refractivity contribution < 1.29 is 5.03 Å². The lowest BCUT2D eigenvalue weighted by atomic mass is 10.3. The summed E-state index contributed by atoms with van der Waals surface area (Å²) in [5.74, 6) is 0.403. The highest BCUT2D eigenvalue weighted by molar-refractivity contribution is 6.29. The molecule has 0 bridgehead atoms. The Labute approximate surface area is 122 Å². The summed E-state index contributed by atoms with van der Waals surface area (Å²) in [5.41, 5.74) is 0.941. The van der Waals surface area contributed by atoms with Gasteiger partial charge in [0, 0.05) is 31.9 Å². The average Bonchev–Trinajstić information content (AvgIpc) is 2.75. The summed E-state index contributed by atoms with van der Waals surface area (Å²) < 4.78 is 0. The maximum atomic E-state index is 10.7. The third-order valence-electron chi connectivity index (χ3n) is 3.11. The fourth-order valence-corrected chi connectivity index (χ4v) is 2.27. The van der Waals surface area contributed by atoms with Crippen LogP contribution in [0.2, 0.25) is 5.15 Å². The highest BCUT2D eigenvalue weighted by Crippen LogP contribution is 2.16. The SMILES string of the molecule is CC(C)N1CCN(Cc2ccc(Cl)nc2)/C1=N\[N+](=O)[O-]. The Balaban J connectivity index is 2.18. The van der Waals surface area contributed by atoms with Gasteiger partial charge in [0.15, 0.2) is 5.03 Å². The van der Waals surface area contributed by atoms with Gasteiger partial charge in [0.1, 0.15) is 10.3 Å². The minimum atomic E-state index is -0.650. The van der Waals surface area contributed by atoms with Crippen molar-refractivity contribution in [3.05, 3.63) is 39.2 Å². The van der Waals surface area contributed by atoms with E-state index in [1.165, 1.54) is 0 Å². The second-order valence-corrected chi connectivity index (χ2v) is 5.22. The molecule has 1 aliphatic heterocycles. The Hall–Kier alpha value is -1.89. The maximum absolute atomic E-state index is 10.7. The van der Waals surface area contributed by atoms with Crippen LogP contribution in [-0.2, 0) is 6.54 Å². The van der Waals surface area contributed by atoms with Crippen LogP contribution in [0.5, 0.6) is 0 Å². The van der Waals surface area contributed by atoms with Gasteiger partial charge in [0.05, 0.1) is 0 Å². The Kier molecular flexibility index (Phi) is 4.39. The molecule has 0 amide bonds. The van der Waals surface area contributed by atoms with E-state index in [9.17, 15) is 10.1 Å². The molecule has 8 heteroatoms. The van der Waals surface area contributed by atoms with Crippen molar-refractivity contribution >= 4 is 17.6 Å². The monoisotopic (exact) mass is 297 g/mol. The molecule has 0 saturated carbocycles. The minimum absolute atomic E-state index is 0.169. The van der Waals surface area contributed by atoms with Crippen LogP contribution in [0, 0.1) is 10.1 Å². The van der Waals surface area contributed by atoms with Gasteiger partial charge >= 0.3 is 0 Å². The lowest BCUT2D eigenvalue weighted by Crippen LogP contribution is -2.38. The summed E-state index contributed by atoms with van der Waals surface area (Å²) in [4.78, 5) is 18.5. The van der Waals surface area contributed by atoms with Crippen LogP contribution in [0.1, 0.15) is 19.4 Å². The van der Waals surface area contributed by atoms with Crippen LogP contribution in [0.15, 0.2) is 23.4 Å². The number of hydrogen-bond acceptors (Lipinski definition) is 3. The van der Waals surface area contributed by atoms with Gasteiger partial charge in [0.2, 0.25) is 0 Å². The van der Waals surface area contributed by atoms with Crippen LogP contribution in [-0.4, -0.2) is 44.9 Å². The number of nitrogens with zero attached hydrogens (tertiary/aromatic N) is 5. The van der Waals surface area contributed by atoms with E-state index in [1.54, 1.807) is 12.3 Å². The molecule has 1 aromatic rings. The van der Waals surface area contributed by atoms with Crippen molar-refractivity contribution in [3.8, 4) is 0 Å². The first-order valence-electron chi connectivity index (χ1n) is 6.32. The van der Waals surface area contributed by atoms with E-state index in [-0.39, 0.29) is 6.04 Å². The topological polar surface area (TPSA) is 74.9 Å². The Morgan fingerprint density at radius 1 is 1.50 bits per heavy atom. The van der Waals surface area contributed by atoms with E-state index in [0.29, 0.717) is 24.2 Å². The largest absolute Gasteiger partial charge is 0.333 e. The van der Waals surface area contributed by atoms with E-state index in [1.807, 2.05) is 29.7 Å². The fourth-order valence-electron chi connectivity index (χ4n) is 2.16. The van der Waals surface area contributed by atoms with Gasteiger partial charge in [-0.15, -0.1) is 0 Å². The van der Waals surface area contributed by atoms with Gasteiger partial charge in [-0.25, -0.2) is 15.1 Å². The zero-order valence-corrected chi connectivity index (χ0v) is 12.1. The quantitative estimate of drug-likeness (QED) is 0.481. The van der Waals surface area contributed by atoms with Gasteiger partial charge in [0.25, 0.3) is 5.96 Å². The number of guanidine groups is 1. The number of rotatable bonds is 4. The van der Waals surface area contributed by atoms with Gasteiger partial charge in [-0.05, 0) is 25.5 Å². The summed E-state index contributed by atoms with van der Waals surface area (Å²) in [6.07, 6.45) is 1.67. The van der Waals surface area contributed by atoms with Crippen molar-refractivity contribution in [1.29, 1.82) is 0 Å². The van der Waals surface area contributed by atoms with E-state index in [2.05, 4.69) is 10.1 Å². The van der Waals surface area contributed by atoms with Crippen molar-refractivity contribution in [2.75, 3.05) is 13.1 Å². The van der Waals surface area contributed by atoms with Crippen molar-refractivity contribution in [3.63, 3.8) is 0 Å². The molecule has 0 atom stereocenters. The van der Waals surface area contributed by atoms with Crippen molar-refractivity contribution in [2.24, 2.45) is 5.10 Å². The van der Waals surface area contributed by atoms with Gasteiger partial charge in [-0.1, -0.05) is 17.7 Å². The van der Waals surface area contributed by atoms with Crippen LogP contribution in [0.3, 0.4) is 0 Å². The predicted octanol–water partition coefficient (Wildman–Crippen LogP) is 1.81. The summed E-state index contributed by atoms with van der Waals surface area (Å²) >= 11 is 5.74. The average molecular weight is 298 g/mol. The van der Waals surface area contributed by atoms with Gasteiger partial charge in [-0.2, -0.15) is 0 Å². The minimum Gasteiger partial charge on any atom is -0.333 e. The Bertz CT molecular complexity index is 517. The molecule has 108 valence electrons. The lowest BCUT2D eigenvalue weighted by molar-refractivity contribution is -0.486. The maximum Gasteiger partial charge on any atom is 0.274 e. The summed E-state index contributed by atoms with van der Waals surface area (Å²) in [6.45, 7) is 5.94. The highest BCUT2D eigenvalue weighted by atomic mass is 35.5. The molecule has 20 heavy (non-hydrogen) atoms. The molecule has 1 aromatic heterocycles. The van der Waals surface area contributed by atoms with Crippen LogP contribution >= 0.6 is 11.6 Å². The zero-order chi connectivity index (χ0) is 14.7. The summed E-state index contributed by atoms with van der Waals surface area (Å²) in [6, 6.07) is 3.73. The molecule has 2 heterocycles. The number of halogens is 1. The van der Waals surface area contributed by atoms with Crippen LogP contribution < -0.4 is 0 Å². The molecule has 7 nitrogen and oxygen atoms in total. The van der Waals surface area contributed by atoms with Gasteiger partial charge < -0.3 is 9.80 Å². The summed E-state index contributed by atoms with van der Waals surface area (Å²) in [5, 5.41) is 14.0. The Morgan fingerprint density at radius 2 is 2.25 bits per heavy atom. The number of nitro groups is 1. The normalized spacial score (nSPS) is 17.3. The zero-order valence-electron chi connectivity index (χ0n) is 11.4. The first kappa shape index (κ1) is 14.5. The fraction of sp³-hybridized carbons (Fsp3) is 0.500. The molecule has 0 N–H and O–H groups in total. The van der Waals surface area contributed by atoms with Crippen LogP contribution in [0.25, 0.3) is 0 Å². The number of hydrogen-bond donors (Lipinski definition) is 0. The molecule has 1 fully saturated rings. The van der Waals surface area contributed by atoms with E-state index in [4.69, 9.17) is 11.6 Å². The van der Waals surface area contributed by atoms with Crippen molar-refractivity contribution in [1.82, 2.24) is 14.8 Å². The molecular weight excluding hydrogens is 282 g/mol. The standard InChI is InChI=1S/C12H16ClN5O2/c1-9(2)17-6-5-16(12(17)15-18(19)20)8-10-3-4-11(13)14-7-10/h3-4,7,9H,5-6,8H2,1-2H3/b15-12+. The molecule has 0 aliphatic carbocycles. The second kappa shape index (κ2) is 6.04. The number of hydrazone groups is 1. The summed E-state index contributed by atoms with van der Waals surface area (Å²) in [7, 11) is 0. The number of pyridine rings is 1. The van der Waals surface area contributed by atoms with E-state index in [0.717, 1.165) is 12.1 Å². The molecule has 0 spiro atoms.